The average Bonchev–Trinajstić information content (AvgIpc) is 0.790. The number of benzene rings is 20. The number of halogens is 12. The molecule has 0 N–H and O–H groups in total. The van der Waals surface area contributed by atoms with Gasteiger partial charge in [-0.25, -0.2) is 0 Å². The molecule has 0 aliphatic heterocycles. The second kappa shape index (κ2) is 51.1. The summed E-state index contributed by atoms with van der Waals surface area (Å²) in [6.07, 6.45) is 0. The Labute approximate surface area is 876 Å². The summed E-state index contributed by atoms with van der Waals surface area (Å²) in [7, 11) is -30.4. The van der Waals surface area contributed by atoms with Crippen LogP contribution in [0.1, 0.15) is 0 Å². The molecule has 0 radical (unpaired) electrons. The van der Waals surface area contributed by atoms with Gasteiger partial charge in [-0.1, -0.05) is 340 Å². The van der Waals surface area contributed by atoms with E-state index in [1.165, 1.54) is 127 Å². The number of rotatable bonds is 24. The summed E-state index contributed by atoms with van der Waals surface area (Å²) in [4.78, 5) is 0. The molecule has 0 atom stereocenters. The van der Waals surface area contributed by atoms with Crippen LogP contribution in [0.3, 0.4) is 0 Å². The van der Waals surface area contributed by atoms with Crippen LogP contribution in [-0.4, -0.2) is 0 Å². The summed E-state index contributed by atoms with van der Waals surface area (Å²) in [5.41, 5.74) is 0. The van der Waals surface area contributed by atoms with Crippen LogP contribution in [0.25, 0.3) is 0 Å². The van der Waals surface area contributed by atoms with E-state index in [0.29, 0.717) is 0 Å². The van der Waals surface area contributed by atoms with Gasteiger partial charge in [0.2, 0.25) is 0 Å². The van der Waals surface area contributed by atoms with E-state index in [0.717, 1.165) is 0 Å². The van der Waals surface area contributed by atoms with Crippen LogP contribution in [0.5, 0.6) is 0 Å². The predicted octanol–water partition coefficient (Wildman–Crippen LogP) is 25.4. The van der Waals surface area contributed by atoms with Gasteiger partial charge in [0, 0.05) is 0 Å². The van der Waals surface area contributed by atoms with Gasteiger partial charge in [0.1, 0.15) is 191 Å². The SMILES string of the molecule is F[P-](F)(F)(F)(F)F.F[P-](F)(F)(F)(F)F.[Ag+].[Ag+].c1ccc([PH+](c2ccccc2)c2ccccc2[PH+](c2ccccc2)c2ccccc2)cc1.c1ccc([PH+](c2ccccc2)c2ccccc2[PH+](c2ccccc2)c2ccccc2)cc1.c1ccc([PH+](c2ccccc2)c2ccccc2[PH+](c2ccccc2)c2ccccc2)cc1.c1ccc([PH+](c2ccccc2)c2ccccc2[PH+](c2ccccc2)c2ccccc2)cc1. The van der Waals surface area contributed by atoms with E-state index in [4.69, 9.17) is 0 Å². The molecule has 0 unspecified atom stereocenters. The molecule has 0 heterocycles. The van der Waals surface area contributed by atoms with Crippen molar-refractivity contribution >= 4 is 206 Å². The van der Waals surface area contributed by atoms with Crippen LogP contribution < -0.4 is 127 Å². The molecule has 144 heavy (non-hydrogen) atoms. The molecule has 0 saturated heterocycles. The van der Waals surface area contributed by atoms with Crippen molar-refractivity contribution in [2.24, 2.45) is 0 Å². The Kier molecular flexibility index (Phi) is 39.2. The Morgan fingerprint density at radius 3 is 0.194 bits per heavy atom. The summed E-state index contributed by atoms with van der Waals surface area (Å²) in [5.74, 6) is 0. The average molecular weight is 2300 g/mol. The smallest absolute Gasteiger partial charge is 0.0620 e. The first-order chi connectivity index (χ1) is 68.6. The van der Waals surface area contributed by atoms with Crippen molar-refractivity contribution in [3.05, 3.63) is 582 Å². The minimum absolute atomic E-state index is 0. The van der Waals surface area contributed by atoms with Crippen molar-refractivity contribution in [1.82, 2.24) is 0 Å². The maximum atomic E-state index is 9.87. The van der Waals surface area contributed by atoms with Gasteiger partial charge in [0.05, 0.1) is 0 Å². The third-order valence-corrected chi connectivity index (χ3v) is 46.2. The first-order valence-electron chi connectivity index (χ1n) is 45.9. The molecule has 732 valence electrons. The molecule has 0 aliphatic carbocycles. The molecule has 20 aromatic carbocycles. The van der Waals surface area contributed by atoms with E-state index >= 15 is 0 Å². The zero-order valence-electron chi connectivity index (χ0n) is 77.5. The molecule has 24 heteroatoms. The number of hydrogen-bond donors (Lipinski definition) is 0. The predicted molar refractivity (Wildman–Crippen MR) is 614 cm³/mol. The molecule has 0 aromatic heterocycles. The Balaban J connectivity index is 0.000000153. The van der Waals surface area contributed by atoms with E-state index in [-0.39, 0.29) is 44.8 Å². The second-order valence-electron chi connectivity index (χ2n) is 33.0. The van der Waals surface area contributed by atoms with Gasteiger partial charge >= 0.3 is 111 Å². The van der Waals surface area contributed by atoms with Crippen LogP contribution in [0.15, 0.2) is 582 Å². The molecule has 0 bridgehead atoms. The van der Waals surface area contributed by atoms with Crippen LogP contribution in [-0.2, 0) is 44.8 Å². The van der Waals surface area contributed by atoms with Crippen molar-refractivity contribution in [2.45, 2.75) is 0 Å². The second-order valence-corrected chi connectivity index (χ2v) is 56.3. The Morgan fingerprint density at radius 1 is 0.0903 bits per heavy atom. The van der Waals surface area contributed by atoms with Gasteiger partial charge in [-0.2, -0.15) is 0 Å². The van der Waals surface area contributed by atoms with Gasteiger partial charge in [0.25, 0.3) is 0 Å². The molecule has 20 aromatic rings. The third-order valence-electron chi connectivity index (χ3n) is 22.9. The molecule has 0 amide bonds. The number of hydrogen-bond acceptors (Lipinski definition) is 0. The topological polar surface area (TPSA) is 0 Å². The van der Waals surface area contributed by atoms with Gasteiger partial charge in [-0.05, 0) is 243 Å². The standard InChI is InChI=1S/4C30H24P2.2Ag.2F6P/c4*1-5-15-25(16-6-1)31(26-17-7-2-8-18-26)29-23-13-14-24-30(29)32(27-19-9-3-10-20-27)28-21-11-4-12-22-28;;;2*1-7(2,3,4,5)6/h4*1-24H;;;;/q;;;;2*+1;2*-1/p+8. The van der Waals surface area contributed by atoms with Gasteiger partial charge in [-0.3, -0.25) is 0 Å². The molecule has 20 rings (SSSR count). The summed E-state index contributed by atoms with van der Waals surface area (Å²) >= 11 is 0. The van der Waals surface area contributed by atoms with E-state index < -0.39 is 79.0 Å². The van der Waals surface area contributed by atoms with Crippen molar-refractivity contribution in [3.63, 3.8) is 0 Å². The van der Waals surface area contributed by atoms with Crippen LogP contribution >= 0.6 is 79.0 Å². The quantitative estimate of drug-likeness (QED) is 0.0321. The minimum atomic E-state index is -10.7. The Bertz CT molecular complexity index is 5660. The van der Waals surface area contributed by atoms with E-state index in [2.05, 4.69) is 582 Å². The summed E-state index contributed by atoms with van der Waals surface area (Å²) < 4.78 is 118. The Hall–Kier alpha value is -10.7. The normalized spacial score (nSPS) is 12.1. The monoisotopic (exact) mass is 2300 g/mol. The molecular formula is C120H104Ag2F12P10+8. The van der Waals surface area contributed by atoms with Crippen molar-refractivity contribution in [2.75, 3.05) is 0 Å². The van der Waals surface area contributed by atoms with E-state index in [1.54, 1.807) is 0 Å². The van der Waals surface area contributed by atoms with Gasteiger partial charge < -0.3 is 0 Å². The van der Waals surface area contributed by atoms with Crippen molar-refractivity contribution < 1.29 is 95.1 Å². The Morgan fingerprint density at radius 2 is 0.139 bits per heavy atom. The molecule has 0 aliphatic rings. The first-order valence-corrected chi connectivity index (χ1v) is 62.0. The molecule has 0 spiro atoms. The summed E-state index contributed by atoms with van der Waals surface area (Å²) in [5, 5.41) is 34.8. The fourth-order valence-electron chi connectivity index (χ4n) is 17.2. The van der Waals surface area contributed by atoms with Crippen LogP contribution in [0.2, 0.25) is 0 Å². The van der Waals surface area contributed by atoms with Crippen molar-refractivity contribution in [3.8, 4) is 0 Å². The third kappa shape index (κ3) is 33.7. The van der Waals surface area contributed by atoms with E-state index in [9.17, 15) is 50.4 Å². The maximum Gasteiger partial charge on any atom is 1.00 e. The zero-order chi connectivity index (χ0) is 99.2. The molecular weight excluding hydrogens is 2190 g/mol. The summed E-state index contributed by atoms with van der Waals surface area (Å²) in [6, 6.07) is 214. The fraction of sp³-hybridized carbons (Fsp3) is 0. The maximum absolute atomic E-state index is 10.7. The van der Waals surface area contributed by atoms with Gasteiger partial charge in [0.15, 0.2) is 0 Å². The minimum Gasteiger partial charge on any atom is -0.0620 e. The molecule has 0 nitrogen and oxygen atoms in total. The van der Waals surface area contributed by atoms with Crippen LogP contribution in [0, 0.1) is 0 Å². The van der Waals surface area contributed by atoms with Crippen LogP contribution in [0.4, 0.5) is 50.4 Å². The molecule has 0 saturated carbocycles. The molecule has 0 fully saturated rings. The largest absolute Gasteiger partial charge is 1.00 e. The van der Waals surface area contributed by atoms with E-state index in [1.807, 2.05) is 0 Å². The first kappa shape index (κ1) is 111. The zero-order valence-corrected chi connectivity index (χ0v) is 90.2. The fourth-order valence-corrected chi connectivity index (χ4v) is 41.2. The summed E-state index contributed by atoms with van der Waals surface area (Å²) in [6.45, 7) is 0. The van der Waals surface area contributed by atoms with Gasteiger partial charge in [-0.15, -0.1) is 0 Å². The van der Waals surface area contributed by atoms with Crippen molar-refractivity contribution in [1.29, 1.82) is 0 Å².